The molecule has 2 amide bonds. The minimum Gasteiger partial charge on any atom is -0.342 e. The number of hydrogen-bond donors (Lipinski definition) is 2. The van der Waals surface area contributed by atoms with Crippen molar-refractivity contribution in [2.45, 2.75) is 12.5 Å². The molecule has 0 saturated heterocycles. The van der Waals surface area contributed by atoms with E-state index in [0.29, 0.717) is 10.0 Å². The third-order valence-electron chi connectivity index (χ3n) is 4.46. The van der Waals surface area contributed by atoms with E-state index < -0.39 is 33.6 Å². The highest BCUT2D eigenvalue weighted by Gasteiger charge is 2.31. The maximum absolute atomic E-state index is 12.9. The number of carbonyl (C=O) groups is 2. The molecule has 3 heterocycles. The molecule has 2 aromatic heterocycles. The van der Waals surface area contributed by atoms with E-state index in [1.807, 2.05) is 30.3 Å². The lowest BCUT2D eigenvalue weighted by molar-refractivity contribution is -0.129. The van der Waals surface area contributed by atoms with Gasteiger partial charge in [0.05, 0.1) is 4.34 Å². The summed E-state index contributed by atoms with van der Waals surface area (Å²) in [5.74, 6) is -1.37. The Morgan fingerprint density at radius 2 is 2.00 bits per heavy atom. The van der Waals surface area contributed by atoms with Crippen LogP contribution in [-0.2, 0) is 21.1 Å². The number of amides is 2. The van der Waals surface area contributed by atoms with Gasteiger partial charge < -0.3 is 15.2 Å². The van der Waals surface area contributed by atoms with Crippen molar-refractivity contribution >= 4 is 54.8 Å². The number of aromatic amines is 1. The summed E-state index contributed by atoms with van der Waals surface area (Å²) in [5.41, 5.74) is 1.15. The number of thiophene rings is 1. The first-order chi connectivity index (χ1) is 13.8. The van der Waals surface area contributed by atoms with Crippen LogP contribution in [-0.4, -0.2) is 42.0 Å². The minimum absolute atomic E-state index is 0.233. The Morgan fingerprint density at radius 3 is 2.66 bits per heavy atom. The number of carbonyl (C=O) groups excluding carboxylic acids is 2. The number of nitrogens with zero attached hydrogens (tertiary/aromatic N) is 1. The molecule has 1 aromatic carbocycles. The van der Waals surface area contributed by atoms with Gasteiger partial charge in [0.2, 0.25) is 5.91 Å². The Kier molecular flexibility index (Phi) is 5.20. The van der Waals surface area contributed by atoms with Gasteiger partial charge in [-0.05, 0) is 17.7 Å². The first-order valence-corrected chi connectivity index (χ1v) is 11.6. The van der Waals surface area contributed by atoms with E-state index in [2.05, 4.69) is 10.3 Å². The van der Waals surface area contributed by atoms with Gasteiger partial charge in [-0.1, -0.05) is 41.9 Å². The summed E-state index contributed by atoms with van der Waals surface area (Å²) in [6.07, 6.45) is 1.46. The van der Waals surface area contributed by atoms with Crippen molar-refractivity contribution < 1.29 is 18.0 Å². The molecule has 0 aliphatic carbocycles. The molecule has 0 saturated carbocycles. The molecule has 4 rings (SSSR count). The van der Waals surface area contributed by atoms with Crippen LogP contribution in [0.4, 0.5) is 0 Å². The molecule has 10 heteroatoms. The first-order valence-electron chi connectivity index (χ1n) is 8.65. The summed E-state index contributed by atoms with van der Waals surface area (Å²) in [6, 6.07) is 11.7. The highest BCUT2D eigenvalue weighted by molar-refractivity contribution is 7.94. The van der Waals surface area contributed by atoms with Gasteiger partial charge >= 0.3 is 0 Å². The van der Waals surface area contributed by atoms with Crippen LogP contribution in [0.1, 0.15) is 16.1 Å². The average molecular weight is 450 g/mol. The molecule has 0 radical (unpaired) electrons. The van der Waals surface area contributed by atoms with E-state index in [4.69, 9.17) is 11.6 Å². The van der Waals surface area contributed by atoms with Crippen molar-refractivity contribution in [2.24, 2.45) is 0 Å². The van der Waals surface area contributed by atoms with Gasteiger partial charge in [0, 0.05) is 23.4 Å². The number of sulfone groups is 1. The molecule has 1 aliphatic heterocycles. The highest BCUT2D eigenvalue weighted by atomic mass is 35.5. The number of H-pyrrole nitrogens is 1. The number of rotatable bonds is 5. The molecule has 7 nitrogen and oxygen atoms in total. The topological polar surface area (TPSA) is 99.3 Å². The third kappa shape index (κ3) is 4.36. The van der Waals surface area contributed by atoms with Crippen LogP contribution in [0.2, 0.25) is 4.34 Å². The quantitative estimate of drug-likeness (QED) is 0.625. The van der Waals surface area contributed by atoms with Crippen LogP contribution < -0.4 is 5.32 Å². The van der Waals surface area contributed by atoms with Crippen LogP contribution in [0, 0.1) is 0 Å². The maximum atomic E-state index is 12.9. The molecule has 0 bridgehead atoms. The molecule has 0 fully saturated rings. The Morgan fingerprint density at radius 1 is 1.24 bits per heavy atom. The van der Waals surface area contributed by atoms with Crippen molar-refractivity contribution in [1.82, 2.24) is 15.2 Å². The number of halogens is 1. The van der Waals surface area contributed by atoms with Gasteiger partial charge in [-0.25, -0.2) is 8.42 Å². The predicted molar refractivity (Wildman–Crippen MR) is 112 cm³/mol. The van der Waals surface area contributed by atoms with Crippen LogP contribution in [0.5, 0.6) is 0 Å². The number of hydrogen-bond acceptors (Lipinski definition) is 5. The van der Waals surface area contributed by atoms with E-state index in [1.165, 1.54) is 17.5 Å². The Hall–Kier alpha value is -2.62. The summed E-state index contributed by atoms with van der Waals surface area (Å²) in [5, 5.41) is 4.54. The zero-order valence-corrected chi connectivity index (χ0v) is 17.4. The third-order valence-corrected chi connectivity index (χ3v) is 6.83. The van der Waals surface area contributed by atoms with Crippen molar-refractivity contribution in [2.75, 3.05) is 5.88 Å². The van der Waals surface area contributed by atoms with Crippen LogP contribution >= 0.6 is 22.9 Å². The predicted octanol–water partition coefficient (Wildman–Crippen LogP) is 2.91. The standard InChI is InChI=1S/C19H16ClN3O4S2/c20-16-10-13-9-14(22-18(13)28-16)17(24)21-15(8-12-4-2-1-3-5-12)19(25)23-6-7-29(26,27)11-23/h1-7,9-10,15,22H,8,11H2,(H,21,24)/t15-/m0/s1. The number of benzene rings is 1. The Bertz CT molecular complexity index is 1180. The summed E-state index contributed by atoms with van der Waals surface area (Å²) < 4.78 is 24.0. The van der Waals surface area contributed by atoms with Gasteiger partial charge in [0.25, 0.3) is 5.91 Å². The fourth-order valence-electron chi connectivity index (χ4n) is 3.08. The summed E-state index contributed by atoms with van der Waals surface area (Å²) in [6.45, 7) is 0. The fourth-order valence-corrected chi connectivity index (χ4v) is 5.23. The van der Waals surface area contributed by atoms with E-state index >= 15 is 0 Å². The molecule has 2 N–H and O–H groups in total. The molecule has 1 aliphatic rings. The van der Waals surface area contributed by atoms with Crippen molar-refractivity contribution in [3.8, 4) is 0 Å². The molecule has 0 spiro atoms. The smallest absolute Gasteiger partial charge is 0.268 e. The lowest BCUT2D eigenvalue weighted by atomic mass is 10.0. The van der Waals surface area contributed by atoms with Crippen molar-refractivity contribution in [1.29, 1.82) is 0 Å². The largest absolute Gasteiger partial charge is 0.342 e. The van der Waals surface area contributed by atoms with Gasteiger partial charge in [0.1, 0.15) is 22.4 Å². The van der Waals surface area contributed by atoms with E-state index in [9.17, 15) is 18.0 Å². The molecule has 0 unspecified atom stereocenters. The van der Waals surface area contributed by atoms with E-state index in [1.54, 1.807) is 12.1 Å². The fraction of sp³-hybridized carbons (Fsp3) is 0.158. The van der Waals surface area contributed by atoms with Gasteiger partial charge in [-0.2, -0.15) is 0 Å². The summed E-state index contributed by atoms with van der Waals surface area (Å²) >= 11 is 7.28. The van der Waals surface area contributed by atoms with Crippen LogP contribution in [0.15, 0.2) is 54.1 Å². The second-order valence-electron chi connectivity index (χ2n) is 6.62. The van der Waals surface area contributed by atoms with E-state index in [-0.39, 0.29) is 6.42 Å². The van der Waals surface area contributed by atoms with E-state index in [0.717, 1.165) is 26.1 Å². The molecule has 150 valence electrons. The Balaban J connectivity index is 1.57. The van der Waals surface area contributed by atoms with Gasteiger partial charge in [-0.15, -0.1) is 11.3 Å². The Labute approximate surface area is 175 Å². The minimum atomic E-state index is -3.45. The van der Waals surface area contributed by atoms with Crippen LogP contribution in [0.25, 0.3) is 10.2 Å². The van der Waals surface area contributed by atoms with Gasteiger partial charge in [0.15, 0.2) is 9.84 Å². The van der Waals surface area contributed by atoms with Crippen molar-refractivity contribution in [3.63, 3.8) is 0 Å². The monoisotopic (exact) mass is 449 g/mol. The SMILES string of the molecule is O=C(N[C@@H](Cc1ccccc1)C(=O)N1C=CS(=O)(=O)C1)c1cc2cc(Cl)sc2[nH]1. The molecule has 1 atom stereocenters. The van der Waals surface area contributed by atoms with Gasteiger partial charge in [-0.3, -0.25) is 9.59 Å². The first kappa shape index (κ1) is 19.7. The second-order valence-corrected chi connectivity index (χ2v) is 10.2. The molecule has 29 heavy (non-hydrogen) atoms. The molecular weight excluding hydrogens is 434 g/mol. The average Bonchev–Trinajstić information content (AvgIpc) is 3.33. The van der Waals surface area contributed by atoms with Crippen LogP contribution in [0.3, 0.4) is 0 Å². The maximum Gasteiger partial charge on any atom is 0.268 e. The number of fused-ring (bicyclic) bond motifs is 1. The second kappa shape index (κ2) is 7.66. The molecule has 3 aromatic rings. The summed E-state index contributed by atoms with van der Waals surface area (Å²) in [4.78, 5) is 30.6. The number of aromatic nitrogens is 1. The molecular formula is C19H16ClN3O4S2. The lowest BCUT2D eigenvalue weighted by Crippen LogP contribution is -2.48. The normalized spacial score (nSPS) is 16.2. The summed E-state index contributed by atoms with van der Waals surface area (Å²) in [7, 11) is -3.45. The lowest BCUT2D eigenvalue weighted by Gasteiger charge is -2.22. The zero-order valence-electron chi connectivity index (χ0n) is 15.0. The zero-order chi connectivity index (χ0) is 20.6. The highest BCUT2D eigenvalue weighted by Crippen LogP contribution is 2.29. The van der Waals surface area contributed by atoms with Crippen molar-refractivity contribution in [3.05, 3.63) is 69.7 Å². The number of nitrogens with one attached hydrogen (secondary N) is 2.